The van der Waals surface area contributed by atoms with E-state index in [1.807, 2.05) is 12.1 Å². The summed E-state index contributed by atoms with van der Waals surface area (Å²) in [6.07, 6.45) is 0. The first kappa shape index (κ1) is 17.5. The van der Waals surface area contributed by atoms with E-state index in [9.17, 15) is 13.6 Å². The fraction of sp³-hybridized carbons (Fsp3) is 0.0625. The molecule has 1 heterocycles. The maximum atomic E-state index is 13.2. The molecule has 0 N–H and O–H groups in total. The van der Waals surface area contributed by atoms with Crippen LogP contribution in [0.25, 0.3) is 11.5 Å². The minimum absolute atomic E-state index is 0.0463. The largest absolute Gasteiger partial charge is 0.452 e. The number of carbonyl (C=O) groups is 1. The number of ether oxygens (including phenoxy) is 1. The second-order valence-electron chi connectivity index (χ2n) is 4.83. The van der Waals surface area contributed by atoms with Crippen molar-refractivity contribution in [1.82, 2.24) is 10.2 Å². The Bertz CT molecular complexity index is 932. The van der Waals surface area contributed by atoms with Crippen molar-refractivity contribution in [1.29, 1.82) is 0 Å². The summed E-state index contributed by atoms with van der Waals surface area (Å²) < 4.78 is 37.5. The van der Waals surface area contributed by atoms with Crippen molar-refractivity contribution < 1.29 is 22.7 Å². The first-order valence-electron chi connectivity index (χ1n) is 6.84. The van der Waals surface area contributed by atoms with Gasteiger partial charge in [-0.15, -0.1) is 10.2 Å². The van der Waals surface area contributed by atoms with Crippen LogP contribution in [0.3, 0.4) is 0 Å². The quantitative estimate of drug-likeness (QED) is 0.441. The summed E-state index contributed by atoms with van der Waals surface area (Å²) in [5, 5.41) is 7.35. The Morgan fingerprint density at radius 3 is 2.56 bits per heavy atom. The van der Waals surface area contributed by atoms with Crippen LogP contribution in [0.4, 0.5) is 8.78 Å². The second-order valence-corrected chi connectivity index (χ2v) is 6.15. The van der Waals surface area contributed by atoms with Gasteiger partial charge in [0.15, 0.2) is 18.2 Å². The van der Waals surface area contributed by atoms with Gasteiger partial charge in [-0.3, -0.25) is 0 Å². The molecule has 0 aliphatic rings. The number of hydrogen-bond acceptors (Lipinski definition) is 5. The van der Waals surface area contributed by atoms with Crippen molar-refractivity contribution in [2.75, 3.05) is 0 Å². The lowest BCUT2D eigenvalue weighted by Crippen LogP contribution is -2.07. The summed E-state index contributed by atoms with van der Waals surface area (Å²) in [4.78, 5) is 11.9. The van der Waals surface area contributed by atoms with Crippen LogP contribution < -0.4 is 0 Å². The van der Waals surface area contributed by atoms with Gasteiger partial charge in [-0.25, -0.2) is 13.6 Å². The Kier molecular flexibility index (Phi) is 5.10. The van der Waals surface area contributed by atoms with Gasteiger partial charge in [0.25, 0.3) is 5.89 Å². The Morgan fingerprint density at radius 1 is 1.16 bits per heavy atom. The van der Waals surface area contributed by atoms with Crippen molar-refractivity contribution in [2.45, 2.75) is 6.61 Å². The molecule has 25 heavy (non-hydrogen) atoms. The molecule has 5 nitrogen and oxygen atoms in total. The third kappa shape index (κ3) is 4.02. The smallest absolute Gasteiger partial charge is 0.340 e. The Labute approximate surface area is 153 Å². The zero-order valence-electron chi connectivity index (χ0n) is 12.3. The number of carbonyl (C=O) groups excluding carboxylic acids is 1. The van der Waals surface area contributed by atoms with Crippen LogP contribution in [0.5, 0.6) is 0 Å². The Morgan fingerprint density at radius 2 is 1.84 bits per heavy atom. The van der Waals surface area contributed by atoms with Gasteiger partial charge in [0.05, 0.1) is 10.6 Å². The van der Waals surface area contributed by atoms with E-state index < -0.39 is 17.6 Å². The van der Waals surface area contributed by atoms with Crippen LogP contribution in [-0.2, 0) is 11.3 Å². The fourth-order valence-corrected chi connectivity index (χ4v) is 2.40. The maximum absolute atomic E-state index is 13.2. The molecule has 9 heteroatoms. The zero-order valence-corrected chi connectivity index (χ0v) is 14.6. The molecule has 3 aromatic rings. The molecule has 0 radical (unpaired) electrons. The summed E-state index contributed by atoms with van der Waals surface area (Å²) in [6.45, 7) is -0.336. The lowest BCUT2D eigenvalue weighted by molar-refractivity contribution is 0.0438. The third-order valence-electron chi connectivity index (χ3n) is 3.11. The van der Waals surface area contributed by atoms with E-state index in [1.54, 1.807) is 12.1 Å². The number of aromatic nitrogens is 2. The van der Waals surface area contributed by atoms with Gasteiger partial charge < -0.3 is 9.15 Å². The van der Waals surface area contributed by atoms with Crippen molar-refractivity contribution in [3.63, 3.8) is 0 Å². The normalized spacial score (nSPS) is 10.7. The number of benzene rings is 2. The molecular weight excluding hydrogens is 422 g/mol. The van der Waals surface area contributed by atoms with Crippen LogP contribution in [0.15, 0.2) is 45.3 Å². The van der Waals surface area contributed by atoms with Gasteiger partial charge >= 0.3 is 5.97 Å². The average molecular weight is 430 g/mol. The highest BCUT2D eigenvalue weighted by Crippen LogP contribution is 2.23. The van der Waals surface area contributed by atoms with Gasteiger partial charge in [0.1, 0.15) is 0 Å². The van der Waals surface area contributed by atoms with Crippen LogP contribution in [-0.4, -0.2) is 16.2 Å². The maximum Gasteiger partial charge on any atom is 0.340 e. The zero-order chi connectivity index (χ0) is 18.0. The van der Waals surface area contributed by atoms with Crippen LogP contribution >= 0.6 is 27.5 Å². The van der Waals surface area contributed by atoms with E-state index >= 15 is 0 Å². The molecule has 1 aromatic heterocycles. The van der Waals surface area contributed by atoms with Gasteiger partial charge in [-0.1, -0.05) is 27.5 Å². The summed E-state index contributed by atoms with van der Waals surface area (Å²) in [5.74, 6) is -2.99. The van der Waals surface area contributed by atoms with Gasteiger partial charge in [0, 0.05) is 10.0 Å². The summed E-state index contributed by atoms with van der Waals surface area (Å²) in [5.41, 5.74) is 0.394. The predicted molar refractivity (Wildman–Crippen MR) is 87.9 cm³/mol. The number of hydrogen-bond donors (Lipinski definition) is 0. The lowest BCUT2D eigenvalue weighted by atomic mass is 10.2. The SMILES string of the molecule is O=C(OCc1nnc(-c2ccc(Br)cc2)o1)c1cc(F)c(F)cc1Cl. The molecule has 128 valence electrons. The van der Waals surface area contributed by atoms with Crippen LogP contribution in [0.2, 0.25) is 5.02 Å². The number of nitrogens with zero attached hydrogens (tertiary/aromatic N) is 2. The van der Waals surface area contributed by atoms with E-state index in [-0.39, 0.29) is 29.0 Å². The highest BCUT2D eigenvalue weighted by Gasteiger charge is 2.18. The van der Waals surface area contributed by atoms with E-state index in [4.69, 9.17) is 20.8 Å². The first-order valence-corrected chi connectivity index (χ1v) is 8.01. The fourth-order valence-electron chi connectivity index (χ4n) is 1.91. The Hall–Kier alpha value is -2.32. The predicted octanol–water partition coefficient (Wildman–Crippen LogP) is 4.79. The van der Waals surface area contributed by atoms with Crippen LogP contribution in [0.1, 0.15) is 16.2 Å². The molecule has 2 aromatic carbocycles. The molecule has 3 rings (SSSR count). The summed E-state index contributed by atoms with van der Waals surface area (Å²) in [7, 11) is 0. The van der Waals surface area contributed by atoms with Crippen molar-refractivity contribution >= 4 is 33.5 Å². The molecule has 0 spiro atoms. The molecule has 0 aliphatic carbocycles. The topological polar surface area (TPSA) is 65.2 Å². The van der Waals surface area contributed by atoms with Crippen molar-refractivity contribution in [3.05, 3.63) is 69.0 Å². The molecule has 0 atom stereocenters. The van der Waals surface area contributed by atoms with E-state index in [1.165, 1.54) is 0 Å². The standard InChI is InChI=1S/C16H8BrClF2N2O3/c17-9-3-1-8(2-4-9)15-22-21-14(25-15)7-24-16(23)10-5-12(19)13(20)6-11(10)18/h1-6H,7H2. The summed E-state index contributed by atoms with van der Waals surface area (Å²) in [6, 6.07) is 8.53. The van der Waals surface area contributed by atoms with Crippen molar-refractivity contribution in [2.24, 2.45) is 0 Å². The first-order chi connectivity index (χ1) is 11.9. The highest BCUT2D eigenvalue weighted by atomic mass is 79.9. The molecule has 0 aliphatic heterocycles. The molecule has 0 saturated carbocycles. The van der Waals surface area contributed by atoms with E-state index in [2.05, 4.69) is 26.1 Å². The molecule has 0 unspecified atom stereocenters. The molecule has 0 amide bonds. The molecular formula is C16H8BrClF2N2O3. The second kappa shape index (κ2) is 7.28. The van der Waals surface area contributed by atoms with Gasteiger partial charge in [-0.05, 0) is 36.4 Å². The number of esters is 1. The van der Waals surface area contributed by atoms with Crippen LogP contribution in [0, 0.1) is 11.6 Å². The summed E-state index contributed by atoms with van der Waals surface area (Å²) >= 11 is 9.03. The van der Waals surface area contributed by atoms with E-state index in [0.717, 1.165) is 4.47 Å². The average Bonchev–Trinajstić information content (AvgIpc) is 3.05. The molecule has 0 bridgehead atoms. The highest BCUT2D eigenvalue weighted by molar-refractivity contribution is 9.10. The minimum atomic E-state index is -1.20. The number of rotatable bonds is 4. The van der Waals surface area contributed by atoms with Gasteiger partial charge in [-0.2, -0.15) is 0 Å². The minimum Gasteiger partial charge on any atom is -0.452 e. The molecule has 0 fully saturated rings. The monoisotopic (exact) mass is 428 g/mol. The van der Waals surface area contributed by atoms with Gasteiger partial charge in [0.2, 0.25) is 5.89 Å². The van der Waals surface area contributed by atoms with E-state index in [0.29, 0.717) is 17.7 Å². The number of halogens is 4. The van der Waals surface area contributed by atoms with Crippen molar-refractivity contribution in [3.8, 4) is 11.5 Å². The lowest BCUT2D eigenvalue weighted by Gasteiger charge is -2.05. The third-order valence-corrected chi connectivity index (χ3v) is 3.96. The molecule has 0 saturated heterocycles. The Balaban J connectivity index is 1.69.